The smallest absolute Gasteiger partial charge is 0.306 e. The van der Waals surface area contributed by atoms with Gasteiger partial charge in [-0.05, 0) is 101 Å². The van der Waals surface area contributed by atoms with Crippen LogP contribution < -0.4 is 0 Å². The van der Waals surface area contributed by atoms with Gasteiger partial charge in [0.05, 0.1) is 25.7 Å². The first-order valence-electron chi connectivity index (χ1n) is 29.5. The molecule has 1 saturated heterocycles. The lowest BCUT2D eigenvalue weighted by atomic mass is 9.37. The topological polar surface area (TPSA) is 76.2 Å². The standard InChI is InChI=1S/C59H110N2O5/c1-6-10-14-18-22-27-33-38-52(39-34-28-23-19-15-11-7-2)47-65-55(62)43-35-29-24-30-36-45-61(57(64)54-42-37-44-60(54)5)59-49-58(50-59,51-59)46-56(63)66-48-53(40-31-25-20-16-12-8-3)41-32-26-21-17-13-9-4/h52-54H,6-51H2,1-5H3/t54-,58?,59?/m0/s1. The molecular formula is C59H110N2O5. The summed E-state index contributed by atoms with van der Waals surface area (Å²) in [6.45, 7) is 12.1. The van der Waals surface area contributed by atoms with Crippen LogP contribution in [0.4, 0.5) is 0 Å². The molecule has 4 aliphatic rings. The molecule has 3 saturated carbocycles. The average molecular weight is 928 g/mol. The van der Waals surface area contributed by atoms with Gasteiger partial charge in [-0.2, -0.15) is 0 Å². The summed E-state index contributed by atoms with van der Waals surface area (Å²) in [6.07, 6.45) is 50.1. The highest BCUT2D eigenvalue weighted by Gasteiger charge is 2.71. The minimum absolute atomic E-state index is 0.00753. The van der Waals surface area contributed by atoms with Crippen molar-refractivity contribution in [1.29, 1.82) is 0 Å². The zero-order valence-electron chi connectivity index (χ0n) is 44.7. The number of esters is 2. The summed E-state index contributed by atoms with van der Waals surface area (Å²) >= 11 is 0. The molecule has 1 amide bonds. The lowest BCUT2D eigenvalue weighted by molar-refractivity contribution is -0.227. The molecule has 386 valence electrons. The van der Waals surface area contributed by atoms with Crippen LogP contribution in [-0.2, 0) is 23.9 Å². The fourth-order valence-electron chi connectivity index (χ4n) is 12.1. The third kappa shape index (κ3) is 23.8. The quantitative estimate of drug-likeness (QED) is 0.0447. The normalized spacial score (nSPS) is 20.2. The Kier molecular flexibility index (Phi) is 32.3. The van der Waals surface area contributed by atoms with Crippen molar-refractivity contribution in [2.24, 2.45) is 17.3 Å². The van der Waals surface area contributed by atoms with Crippen LogP contribution >= 0.6 is 0 Å². The van der Waals surface area contributed by atoms with Crippen molar-refractivity contribution in [1.82, 2.24) is 9.80 Å². The van der Waals surface area contributed by atoms with E-state index in [0.29, 0.717) is 43.8 Å². The molecule has 3 aliphatic carbocycles. The summed E-state index contributed by atoms with van der Waals surface area (Å²) in [5.74, 6) is 1.29. The highest BCUT2D eigenvalue weighted by atomic mass is 16.5. The molecule has 1 heterocycles. The maximum Gasteiger partial charge on any atom is 0.306 e. The average Bonchev–Trinajstić information content (AvgIpc) is 3.72. The Morgan fingerprint density at radius 1 is 0.515 bits per heavy atom. The molecule has 0 aromatic rings. The number of amides is 1. The molecule has 0 N–H and O–H groups in total. The van der Waals surface area contributed by atoms with Crippen molar-refractivity contribution >= 4 is 17.8 Å². The van der Waals surface area contributed by atoms with Crippen LogP contribution in [-0.4, -0.2) is 72.6 Å². The second kappa shape index (κ2) is 36.3. The molecule has 0 spiro atoms. The number of ether oxygens (including phenoxy) is 2. The predicted molar refractivity (Wildman–Crippen MR) is 279 cm³/mol. The van der Waals surface area contributed by atoms with Crippen LogP contribution in [0, 0.1) is 17.3 Å². The number of rotatable bonds is 46. The molecule has 0 unspecified atom stereocenters. The summed E-state index contributed by atoms with van der Waals surface area (Å²) in [6, 6.07) is -0.00753. The molecule has 7 nitrogen and oxygen atoms in total. The zero-order chi connectivity index (χ0) is 47.6. The molecule has 0 aromatic heterocycles. The van der Waals surface area contributed by atoms with E-state index in [9.17, 15) is 14.4 Å². The van der Waals surface area contributed by atoms with Gasteiger partial charge in [-0.3, -0.25) is 19.3 Å². The van der Waals surface area contributed by atoms with Gasteiger partial charge in [0.15, 0.2) is 0 Å². The first-order chi connectivity index (χ1) is 32.2. The number of likely N-dealkylation sites (N-methyl/N-ethyl adjacent to an activating group) is 1. The molecule has 0 radical (unpaired) electrons. The van der Waals surface area contributed by atoms with Crippen LogP contribution in [0.3, 0.4) is 0 Å². The summed E-state index contributed by atoms with van der Waals surface area (Å²) in [7, 11) is 2.11. The summed E-state index contributed by atoms with van der Waals surface area (Å²) in [5, 5.41) is 0. The van der Waals surface area contributed by atoms with Gasteiger partial charge in [-0.25, -0.2) is 0 Å². The van der Waals surface area contributed by atoms with Gasteiger partial charge >= 0.3 is 11.9 Å². The van der Waals surface area contributed by atoms with Crippen molar-refractivity contribution in [3.63, 3.8) is 0 Å². The number of nitrogens with zero attached hydrogens (tertiary/aromatic N) is 2. The third-order valence-electron chi connectivity index (χ3n) is 16.4. The van der Waals surface area contributed by atoms with Gasteiger partial charge in [-0.1, -0.05) is 214 Å². The number of hydrogen-bond acceptors (Lipinski definition) is 6. The zero-order valence-corrected chi connectivity index (χ0v) is 44.7. The third-order valence-corrected chi connectivity index (χ3v) is 16.4. The van der Waals surface area contributed by atoms with Crippen LogP contribution in [0.15, 0.2) is 0 Å². The van der Waals surface area contributed by atoms with Crippen molar-refractivity contribution in [3.8, 4) is 0 Å². The second-order valence-corrected chi connectivity index (χ2v) is 22.6. The van der Waals surface area contributed by atoms with Crippen LogP contribution in [0.25, 0.3) is 0 Å². The van der Waals surface area contributed by atoms with Crippen LogP contribution in [0.1, 0.15) is 297 Å². The van der Waals surface area contributed by atoms with E-state index >= 15 is 0 Å². The minimum Gasteiger partial charge on any atom is -0.465 e. The maximum atomic E-state index is 14.2. The Balaban J connectivity index is 1.38. The van der Waals surface area contributed by atoms with Gasteiger partial charge in [0.2, 0.25) is 5.91 Å². The van der Waals surface area contributed by atoms with Crippen molar-refractivity contribution in [2.45, 2.75) is 309 Å². The monoisotopic (exact) mass is 927 g/mol. The Morgan fingerprint density at radius 2 is 0.894 bits per heavy atom. The lowest BCUT2D eigenvalue weighted by Crippen LogP contribution is -2.76. The van der Waals surface area contributed by atoms with Gasteiger partial charge in [-0.15, -0.1) is 0 Å². The fourth-order valence-corrected chi connectivity index (χ4v) is 12.1. The predicted octanol–water partition coefficient (Wildman–Crippen LogP) is 16.7. The highest BCUT2D eigenvalue weighted by molar-refractivity contribution is 5.84. The molecule has 4 rings (SSSR count). The van der Waals surface area contributed by atoms with E-state index in [0.717, 1.165) is 77.3 Å². The highest BCUT2D eigenvalue weighted by Crippen LogP contribution is 2.71. The number of likely N-dealkylation sites (tertiary alicyclic amines) is 1. The van der Waals surface area contributed by atoms with E-state index in [1.807, 2.05) is 0 Å². The van der Waals surface area contributed by atoms with Crippen molar-refractivity contribution in [3.05, 3.63) is 0 Å². The number of hydrogen-bond donors (Lipinski definition) is 0. The van der Waals surface area contributed by atoms with Crippen molar-refractivity contribution < 1.29 is 23.9 Å². The van der Waals surface area contributed by atoms with Gasteiger partial charge in [0.1, 0.15) is 0 Å². The second-order valence-electron chi connectivity index (χ2n) is 22.6. The molecular weight excluding hydrogens is 817 g/mol. The van der Waals surface area contributed by atoms with E-state index in [1.165, 1.54) is 193 Å². The molecule has 2 bridgehead atoms. The first kappa shape index (κ1) is 58.7. The first-order valence-corrected chi connectivity index (χ1v) is 29.5. The molecule has 1 atom stereocenters. The van der Waals surface area contributed by atoms with Gasteiger partial charge in [0, 0.05) is 18.5 Å². The Morgan fingerprint density at radius 3 is 1.30 bits per heavy atom. The number of unbranched alkanes of at least 4 members (excludes halogenated alkanes) is 26. The van der Waals surface area contributed by atoms with E-state index in [1.54, 1.807) is 0 Å². The summed E-state index contributed by atoms with van der Waals surface area (Å²) < 4.78 is 12.0. The molecule has 66 heavy (non-hydrogen) atoms. The maximum absolute atomic E-state index is 14.2. The van der Waals surface area contributed by atoms with E-state index in [2.05, 4.69) is 44.5 Å². The SMILES string of the molecule is CCCCCCCCCC(CCCCCCCCC)COC(=O)CCCCCCCN(C(=O)[C@@H]1CCCN1C)C12CC(CC(=O)OCC(CCCCCCCC)CCCCCCCC)(C1)C2. The Labute approximate surface area is 409 Å². The minimum atomic E-state index is -0.0657. The fraction of sp³-hybridized carbons (Fsp3) is 0.949. The largest absolute Gasteiger partial charge is 0.465 e. The summed E-state index contributed by atoms with van der Waals surface area (Å²) in [5.41, 5.74) is -0.0363. The molecule has 4 fully saturated rings. The number of carbonyl (C=O) groups excluding carboxylic acids is 3. The lowest BCUT2D eigenvalue weighted by Gasteiger charge is -2.74. The van der Waals surface area contributed by atoms with Crippen LogP contribution in [0.2, 0.25) is 0 Å². The van der Waals surface area contributed by atoms with Crippen LogP contribution in [0.5, 0.6) is 0 Å². The van der Waals surface area contributed by atoms with Crippen molar-refractivity contribution in [2.75, 3.05) is 33.4 Å². The van der Waals surface area contributed by atoms with E-state index in [-0.39, 0.29) is 28.9 Å². The van der Waals surface area contributed by atoms with E-state index in [4.69, 9.17) is 9.47 Å². The number of carbonyl (C=O) groups is 3. The molecule has 1 aliphatic heterocycles. The summed E-state index contributed by atoms with van der Waals surface area (Å²) in [4.78, 5) is 45.0. The molecule has 0 aromatic carbocycles. The molecule has 7 heteroatoms. The van der Waals surface area contributed by atoms with Gasteiger partial charge < -0.3 is 14.4 Å². The van der Waals surface area contributed by atoms with E-state index < -0.39 is 0 Å². The Bertz CT molecular complexity index is 1180. The Hall–Kier alpha value is -1.63. The van der Waals surface area contributed by atoms with Gasteiger partial charge in [0.25, 0.3) is 0 Å².